The fourth-order valence-electron chi connectivity index (χ4n) is 7.48. The lowest BCUT2D eigenvalue weighted by atomic mass is 9.86. The predicted molar refractivity (Wildman–Crippen MR) is 208 cm³/mol. The summed E-state index contributed by atoms with van der Waals surface area (Å²) in [6.07, 6.45) is 1.95. The van der Waals surface area contributed by atoms with Gasteiger partial charge in [-0.3, -0.25) is 4.98 Å². The summed E-state index contributed by atoms with van der Waals surface area (Å²) in [7, 11) is 0. The van der Waals surface area contributed by atoms with Crippen molar-refractivity contribution >= 4 is 27.7 Å². The summed E-state index contributed by atoms with van der Waals surface area (Å²) >= 11 is 0. The molecule has 2 aromatic heterocycles. The number of nitrogens with zero attached hydrogens (tertiary/aromatic N) is 3. The fraction of sp³-hybridized carbons (Fsp3) is 0.333. The Morgan fingerprint density at radius 2 is 1.43 bits per heavy atom. The molecule has 0 saturated heterocycles. The molecule has 0 N–H and O–H groups in total. The Kier molecular flexibility index (Phi) is 7.85. The molecule has 7 rings (SSSR count). The minimum absolute atomic E-state index is 0.0296. The van der Waals surface area contributed by atoms with E-state index >= 15 is 0 Å². The van der Waals surface area contributed by atoms with E-state index in [2.05, 4.69) is 154 Å². The first kappa shape index (κ1) is 32.8. The number of pyridine rings is 1. The van der Waals surface area contributed by atoms with Crippen LogP contribution in [-0.4, -0.2) is 27.6 Å². The number of aromatic nitrogens is 2. The highest BCUT2D eigenvalue weighted by molar-refractivity contribution is 6.11. The van der Waals surface area contributed by atoms with Gasteiger partial charge < -0.3 is 9.30 Å². The average Bonchev–Trinajstić information content (AvgIpc) is 3.58. The monoisotopic (exact) mass is 647 g/mol. The molecule has 0 radical (unpaired) electrons. The van der Waals surface area contributed by atoms with Crippen LogP contribution in [0.5, 0.6) is 0 Å². The molecule has 49 heavy (non-hydrogen) atoms. The molecule has 250 valence electrons. The molecule has 4 nitrogen and oxygen atoms in total. The van der Waals surface area contributed by atoms with Gasteiger partial charge in [0.15, 0.2) is 0 Å². The number of benzene rings is 4. The third-order valence-electron chi connectivity index (χ3n) is 10.7. The van der Waals surface area contributed by atoms with Gasteiger partial charge in [0.2, 0.25) is 5.90 Å². The normalized spacial score (nSPS) is 16.5. The highest BCUT2D eigenvalue weighted by atomic mass is 16.5. The summed E-state index contributed by atoms with van der Waals surface area (Å²) < 4.78 is 8.85. The van der Waals surface area contributed by atoms with E-state index in [-0.39, 0.29) is 11.0 Å². The van der Waals surface area contributed by atoms with Gasteiger partial charge in [-0.2, -0.15) is 0 Å². The van der Waals surface area contributed by atoms with Gasteiger partial charge in [0, 0.05) is 33.8 Å². The molecule has 3 heterocycles. The van der Waals surface area contributed by atoms with Crippen LogP contribution in [0.2, 0.25) is 0 Å². The van der Waals surface area contributed by atoms with E-state index in [4.69, 9.17) is 14.7 Å². The van der Waals surface area contributed by atoms with Crippen LogP contribution in [0.4, 0.5) is 0 Å². The molecular formula is C45H49N3O. The Hall–Kier alpha value is -4.70. The van der Waals surface area contributed by atoms with E-state index in [0.717, 1.165) is 33.9 Å². The maximum atomic E-state index is 6.41. The summed E-state index contributed by atoms with van der Waals surface area (Å²) in [6, 6.07) is 27.4. The highest BCUT2D eigenvalue weighted by Gasteiger charge is 2.35. The van der Waals surface area contributed by atoms with Gasteiger partial charge in [0.05, 0.1) is 22.3 Å². The van der Waals surface area contributed by atoms with Gasteiger partial charge in [-0.15, -0.1) is 0 Å². The minimum atomic E-state index is -0.257. The molecule has 0 fully saturated rings. The van der Waals surface area contributed by atoms with Crippen molar-refractivity contribution in [1.82, 2.24) is 9.55 Å². The van der Waals surface area contributed by atoms with Crippen LogP contribution in [0, 0.1) is 40.5 Å². The van der Waals surface area contributed by atoms with Crippen molar-refractivity contribution in [3.8, 4) is 28.1 Å². The Morgan fingerprint density at radius 3 is 2.10 bits per heavy atom. The summed E-state index contributed by atoms with van der Waals surface area (Å²) in [5.41, 5.74) is 16.3. The quantitative estimate of drug-likeness (QED) is 0.187. The number of ether oxygens (including phenoxy) is 1. The van der Waals surface area contributed by atoms with Gasteiger partial charge in [-0.1, -0.05) is 63.9 Å². The van der Waals surface area contributed by atoms with Gasteiger partial charge in [-0.25, -0.2) is 4.99 Å². The molecule has 0 bridgehead atoms. The van der Waals surface area contributed by atoms with E-state index < -0.39 is 0 Å². The van der Waals surface area contributed by atoms with E-state index in [0.29, 0.717) is 12.5 Å². The molecule has 1 aliphatic heterocycles. The SMILES string of the molecule is Cc1cc(C)c(-c2cc(C3=N[C@](C)(C(C)C)CO3)cc(-n3c4ccc(C)cc4c4cc(C)c(-c5cc(C(C)(C)C)ccn5)cc43)c2)c(C)c1. The zero-order valence-electron chi connectivity index (χ0n) is 31.0. The molecule has 0 saturated carbocycles. The van der Waals surface area contributed by atoms with Crippen LogP contribution in [0.15, 0.2) is 84.0 Å². The van der Waals surface area contributed by atoms with Crippen molar-refractivity contribution in [2.45, 2.75) is 87.1 Å². The zero-order valence-corrected chi connectivity index (χ0v) is 31.0. The van der Waals surface area contributed by atoms with Crippen molar-refractivity contribution in [2.75, 3.05) is 6.61 Å². The Bertz CT molecular complexity index is 2290. The molecule has 1 atom stereocenters. The number of aryl methyl sites for hydroxylation is 5. The first-order chi connectivity index (χ1) is 23.1. The number of rotatable bonds is 5. The van der Waals surface area contributed by atoms with E-state index in [1.165, 1.54) is 60.8 Å². The minimum Gasteiger partial charge on any atom is -0.475 e. The van der Waals surface area contributed by atoms with Gasteiger partial charge in [-0.05, 0) is 141 Å². The van der Waals surface area contributed by atoms with E-state index in [1.54, 1.807) is 0 Å². The summed E-state index contributed by atoms with van der Waals surface area (Å²) in [4.78, 5) is 10.1. The zero-order chi connectivity index (χ0) is 35.0. The summed E-state index contributed by atoms with van der Waals surface area (Å²) in [6.45, 7) is 25.0. The van der Waals surface area contributed by atoms with Crippen molar-refractivity contribution < 1.29 is 4.74 Å². The first-order valence-electron chi connectivity index (χ1n) is 17.6. The van der Waals surface area contributed by atoms with E-state index in [1.807, 2.05) is 6.20 Å². The number of aliphatic imine (C=N–C) groups is 1. The van der Waals surface area contributed by atoms with Crippen molar-refractivity contribution in [3.05, 3.63) is 118 Å². The third-order valence-corrected chi connectivity index (χ3v) is 10.7. The highest BCUT2D eigenvalue weighted by Crippen LogP contribution is 2.40. The Morgan fingerprint density at radius 1 is 0.735 bits per heavy atom. The molecule has 6 aromatic rings. The van der Waals surface area contributed by atoms with Crippen LogP contribution in [0.25, 0.3) is 49.9 Å². The standard InChI is InChI=1S/C45H49N3O/c1-26(2)45(11)25-49-43(47-45)33-20-32(42-30(6)16-28(4)17-31(42)7)21-35(22-33)48-40-13-12-27(3)18-37(40)38-19-29(5)36(24-41(38)48)39-23-34(14-15-46-39)44(8,9)10/h12-24,26H,25H2,1-11H3/t45-/m0/s1. The average molecular weight is 648 g/mol. The van der Waals surface area contributed by atoms with Crippen molar-refractivity contribution in [3.63, 3.8) is 0 Å². The number of fused-ring (bicyclic) bond motifs is 3. The van der Waals surface area contributed by atoms with Crippen LogP contribution >= 0.6 is 0 Å². The van der Waals surface area contributed by atoms with Gasteiger partial charge in [0.25, 0.3) is 0 Å². The van der Waals surface area contributed by atoms with Crippen LogP contribution in [-0.2, 0) is 10.2 Å². The smallest absolute Gasteiger partial charge is 0.216 e. The predicted octanol–water partition coefficient (Wildman–Crippen LogP) is 11.5. The molecule has 4 heteroatoms. The lowest BCUT2D eigenvalue weighted by molar-refractivity contribution is 0.224. The van der Waals surface area contributed by atoms with Gasteiger partial charge in [0.1, 0.15) is 6.61 Å². The molecule has 1 aliphatic rings. The largest absolute Gasteiger partial charge is 0.475 e. The van der Waals surface area contributed by atoms with Crippen molar-refractivity contribution in [1.29, 1.82) is 0 Å². The topological polar surface area (TPSA) is 39.4 Å². The molecule has 0 amide bonds. The summed E-state index contributed by atoms with van der Waals surface area (Å²) in [5, 5.41) is 2.49. The first-order valence-corrected chi connectivity index (χ1v) is 17.6. The maximum Gasteiger partial charge on any atom is 0.216 e. The maximum absolute atomic E-state index is 6.41. The van der Waals surface area contributed by atoms with E-state index in [9.17, 15) is 0 Å². The van der Waals surface area contributed by atoms with Crippen LogP contribution in [0.3, 0.4) is 0 Å². The molecular weight excluding hydrogens is 599 g/mol. The lowest BCUT2D eigenvalue weighted by Crippen LogP contribution is -2.30. The second-order valence-corrected chi connectivity index (χ2v) is 16.0. The second kappa shape index (κ2) is 11.7. The lowest BCUT2D eigenvalue weighted by Gasteiger charge is -2.22. The second-order valence-electron chi connectivity index (χ2n) is 16.0. The Balaban J connectivity index is 1.55. The van der Waals surface area contributed by atoms with Gasteiger partial charge >= 0.3 is 0 Å². The van der Waals surface area contributed by atoms with Crippen LogP contribution in [0.1, 0.15) is 80.5 Å². The van der Waals surface area contributed by atoms with Crippen molar-refractivity contribution in [2.24, 2.45) is 10.9 Å². The molecule has 4 aromatic carbocycles. The fourth-order valence-corrected chi connectivity index (χ4v) is 7.48. The molecule has 0 unspecified atom stereocenters. The number of hydrogen-bond acceptors (Lipinski definition) is 3. The molecule has 0 aliphatic carbocycles. The third kappa shape index (κ3) is 5.75. The van der Waals surface area contributed by atoms with Crippen LogP contribution < -0.4 is 0 Å². The molecule has 0 spiro atoms. The Labute approximate surface area is 291 Å². The summed E-state index contributed by atoms with van der Waals surface area (Å²) in [5.74, 6) is 1.08. The number of hydrogen-bond donors (Lipinski definition) is 0.